The summed E-state index contributed by atoms with van der Waals surface area (Å²) < 4.78 is 0. The molecule has 0 spiro atoms. The van der Waals surface area contributed by atoms with E-state index in [1.54, 1.807) is 0 Å². The Balaban J connectivity index is 2.08. The monoisotopic (exact) mass is 268 g/mol. The molecule has 5 heteroatoms. The zero-order valence-corrected chi connectivity index (χ0v) is 11.8. The molecule has 1 fully saturated rings. The van der Waals surface area contributed by atoms with Gasteiger partial charge < -0.3 is 5.73 Å². The number of hydrogen-bond acceptors (Lipinski definition) is 4. The molecule has 1 aromatic heterocycles. The Labute approximate surface area is 114 Å². The van der Waals surface area contributed by atoms with Crippen LogP contribution in [0.15, 0.2) is 6.07 Å². The van der Waals surface area contributed by atoms with E-state index < -0.39 is 0 Å². The van der Waals surface area contributed by atoms with Crippen molar-refractivity contribution < 1.29 is 0 Å². The van der Waals surface area contributed by atoms with E-state index in [0.29, 0.717) is 22.9 Å². The smallest absolute Gasteiger partial charge is 0.174 e. The maximum atomic E-state index is 5.79. The van der Waals surface area contributed by atoms with Crippen LogP contribution in [0.3, 0.4) is 0 Å². The molecule has 0 saturated carbocycles. The van der Waals surface area contributed by atoms with Crippen LogP contribution in [-0.4, -0.2) is 33.7 Å². The zero-order valence-electron chi connectivity index (χ0n) is 11.1. The van der Waals surface area contributed by atoms with Crippen LogP contribution in [0, 0.1) is 0 Å². The second-order valence-corrected chi connectivity index (χ2v) is 5.63. The largest absolute Gasteiger partial charge is 0.396 e. The number of nitrogens with zero attached hydrogens (tertiary/aromatic N) is 3. The van der Waals surface area contributed by atoms with E-state index >= 15 is 0 Å². The van der Waals surface area contributed by atoms with Crippen molar-refractivity contribution in [2.45, 2.75) is 51.6 Å². The third-order valence-corrected chi connectivity index (χ3v) is 3.90. The van der Waals surface area contributed by atoms with Gasteiger partial charge in [0.15, 0.2) is 5.15 Å². The standard InChI is InChI=1S/C13H21ClN4/c1-9(2)18-6-4-3-5-11(18)7-10-8-12(15)13(14)17-16-10/h8-9,11H,3-7H2,1-2H3,(H2,15,16). The van der Waals surface area contributed by atoms with Crippen molar-refractivity contribution in [3.05, 3.63) is 16.9 Å². The van der Waals surface area contributed by atoms with Gasteiger partial charge in [-0.1, -0.05) is 18.0 Å². The van der Waals surface area contributed by atoms with E-state index in [2.05, 4.69) is 28.9 Å². The first-order valence-corrected chi connectivity index (χ1v) is 6.99. The van der Waals surface area contributed by atoms with Gasteiger partial charge in [-0.05, 0) is 39.3 Å². The molecule has 0 amide bonds. The summed E-state index contributed by atoms with van der Waals surface area (Å²) in [5.74, 6) is 0. The Morgan fingerprint density at radius 1 is 1.44 bits per heavy atom. The molecule has 0 aliphatic carbocycles. The number of piperidine rings is 1. The van der Waals surface area contributed by atoms with Crippen LogP contribution in [0.4, 0.5) is 5.69 Å². The van der Waals surface area contributed by atoms with E-state index in [1.165, 1.54) is 25.8 Å². The van der Waals surface area contributed by atoms with Crippen molar-refractivity contribution in [2.24, 2.45) is 0 Å². The summed E-state index contributed by atoms with van der Waals surface area (Å²) in [6, 6.07) is 2.98. The fraction of sp³-hybridized carbons (Fsp3) is 0.692. The highest BCUT2D eigenvalue weighted by molar-refractivity contribution is 6.31. The highest BCUT2D eigenvalue weighted by Gasteiger charge is 2.25. The molecular weight excluding hydrogens is 248 g/mol. The van der Waals surface area contributed by atoms with Crippen molar-refractivity contribution >= 4 is 17.3 Å². The lowest BCUT2D eigenvalue weighted by atomic mass is 9.96. The highest BCUT2D eigenvalue weighted by atomic mass is 35.5. The van der Waals surface area contributed by atoms with Crippen LogP contribution < -0.4 is 5.73 Å². The number of anilines is 1. The zero-order chi connectivity index (χ0) is 13.1. The van der Waals surface area contributed by atoms with Gasteiger partial charge in [0.25, 0.3) is 0 Å². The average Bonchev–Trinajstić information content (AvgIpc) is 2.34. The first kappa shape index (κ1) is 13.6. The first-order chi connectivity index (χ1) is 8.58. The lowest BCUT2D eigenvalue weighted by molar-refractivity contribution is 0.111. The Hall–Kier alpha value is -0.870. The van der Waals surface area contributed by atoms with Crippen molar-refractivity contribution in [3.63, 3.8) is 0 Å². The van der Waals surface area contributed by atoms with Gasteiger partial charge in [-0.3, -0.25) is 4.90 Å². The molecule has 0 radical (unpaired) electrons. The second-order valence-electron chi connectivity index (χ2n) is 5.27. The molecule has 0 bridgehead atoms. The van der Waals surface area contributed by atoms with Gasteiger partial charge in [0.1, 0.15) is 0 Å². The van der Waals surface area contributed by atoms with Crippen LogP contribution in [0.25, 0.3) is 0 Å². The topological polar surface area (TPSA) is 55.0 Å². The molecule has 1 unspecified atom stereocenters. The third-order valence-electron chi connectivity index (χ3n) is 3.61. The van der Waals surface area contributed by atoms with E-state index in [9.17, 15) is 0 Å². The number of nitrogen functional groups attached to an aromatic ring is 1. The highest BCUT2D eigenvalue weighted by Crippen LogP contribution is 2.23. The summed E-state index contributed by atoms with van der Waals surface area (Å²) in [7, 11) is 0. The minimum atomic E-state index is 0.295. The molecule has 100 valence electrons. The molecule has 1 atom stereocenters. The maximum Gasteiger partial charge on any atom is 0.174 e. The molecular formula is C13H21ClN4. The summed E-state index contributed by atoms with van der Waals surface area (Å²) in [5, 5.41) is 8.32. The van der Waals surface area contributed by atoms with E-state index in [0.717, 1.165) is 12.1 Å². The van der Waals surface area contributed by atoms with E-state index in [1.807, 2.05) is 6.07 Å². The molecule has 18 heavy (non-hydrogen) atoms. The van der Waals surface area contributed by atoms with Crippen molar-refractivity contribution in [3.8, 4) is 0 Å². The van der Waals surface area contributed by atoms with Gasteiger partial charge in [-0.2, -0.15) is 5.10 Å². The number of halogens is 1. The summed E-state index contributed by atoms with van der Waals surface area (Å²) in [4.78, 5) is 2.55. The van der Waals surface area contributed by atoms with Crippen LogP contribution in [0.5, 0.6) is 0 Å². The minimum Gasteiger partial charge on any atom is -0.396 e. The minimum absolute atomic E-state index is 0.295. The van der Waals surface area contributed by atoms with Gasteiger partial charge in [0.2, 0.25) is 0 Å². The molecule has 4 nitrogen and oxygen atoms in total. The fourth-order valence-electron chi connectivity index (χ4n) is 2.70. The third kappa shape index (κ3) is 3.12. The van der Waals surface area contributed by atoms with Gasteiger partial charge in [0, 0.05) is 18.5 Å². The van der Waals surface area contributed by atoms with Crippen LogP contribution in [0.1, 0.15) is 38.8 Å². The molecule has 2 N–H and O–H groups in total. The lowest BCUT2D eigenvalue weighted by Crippen LogP contribution is -2.45. The number of hydrogen-bond donors (Lipinski definition) is 1. The molecule has 0 aromatic carbocycles. The maximum absolute atomic E-state index is 5.79. The van der Waals surface area contributed by atoms with Gasteiger partial charge >= 0.3 is 0 Å². The predicted molar refractivity (Wildman–Crippen MR) is 74.6 cm³/mol. The second kappa shape index (κ2) is 5.85. The fourth-order valence-corrected chi connectivity index (χ4v) is 2.79. The Morgan fingerprint density at radius 3 is 2.89 bits per heavy atom. The van der Waals surface area contributed by atoms with Crippen LogP contribution in [0.2, 0.25) is 5.15 Å². The quantitative estimate of drug-likeness (QED) is 0.915. The summed E-state index contributed by atoms with van der Waals surface area (Å²) in [5.41, 5.74) is 7.23. The van der Waals surface area contributed by atoms with Gasteiger partial charge in [0.05, 0.1) is 11.4 Å². The van der Waals surface area contributed by atoms with Crippen molar-refractivity contribution in [1.29, 1.82) is 0 Å². The molecule has 1 aromatic rings. The summed E-state index contributed by atoms with van der Waals surface area (Å²) in [6.07, 6.45) is 4.72. The Kier molecular flexibility index (Phi) is 4.40. The molecule has 1 aliphatic heterocycles. The van der Waals surface area contributed by atoms with Crippen molar-refractivity contribution in [2.75, 3.05) is 12.3 Å². The molecule has 1 saturated heterocycles. The average molecular weight is 269 g/mol. The van der Waals surface area contributed by atoms with E-state index in [4.69, 9.17) is 17.3 Å². The molecule has 2 heterocycles. The Morgan fingerprint density at radius 2 is 2.22 bits per heavy atom. The predicted octanol–water partition coefficient (Wildman–Crippen LogP) is 2.52. The van der Waals surface area contributed by atoms with Gasteiger partial charge in [-0.15, -0.1) is 5.10 Å². The first-order valence-electron chi connectivity index (χ1n) is 6.61. The lowest BCUT2D eigenvalue weighted by Gasteiger charge is -2.38. The molecule has 2 rings (SSSR count). The van der Waals surface area contributed by atoms with E-state index in [-0.39, 0.29) is 0 Å². The number of likely N-dealkylation sites (tertiary alicyclic amines) is 1. The van der Waals surface area contributed by atoms with Crippen LogP contribution in [-0.2, 0) is 6.42 Å². The van der Waals surface area contributed by atoms with Crippen LogP contribution >= 0.6 is 11.6 Å². The number of nitrogens with two attached hydrogens (primary N) is 1. The summed E-state index contributed by atoms with van der Waals surface area (Å²) >= 11 is 5.79. The summed E-state index contributed by atoms with van der Waals surface area (Å²) in [6.45, 7) is 5.68. The SMILES string of the molecule is CC(C)N1CCCCC1Cc1cc(N)c(Cl)nn1. The number of rotatable bonds is 3. The number of aromatic nitrogens is 2. The molecule has 1 aliphatic rings. The van der Waals surface area contributed by atoms with Crippen molar-refractivity contribution in [1.82, 2.24) is 15.1 Å². The Bertz CT molecular complexity index is 408. The normalized spacial score (nSPS) is 21.4. The van der Waals surface area contributed by atoms with Gasteiger partial charge in [-0.25, -0.2) is 0 Å².